The van der Waals surface area contributed by atoms with E-state index in [1.807, 2.05) is 18.2 Å². The van der Waals surface area contributed by atoms with Crippen molar-refractivity contribution in [2.75, 3.05) is 77.4 Å². The van der Waals surface area contributed by atoms with Crippen molar-refractivity contribution in [2.45, 2.75) is 42.7 Å². The highest BCUT2D eigenvalue weighted by molar-refractivity contribution is 5.82. The van der Waals surface area contributed by atoms with Crippen LogP contribution in [0.4, 0.5) is 17.1 Å². The summed E-state index contributed by atoms with van der Waals surface area (Å²) in [7, 11) is 3.52. The van der Waals surface area contributed by atoms with Gasteiger partial charge in [-0.1, -0.05) is 23.3 Å². The van der Waals surface area contributed by atoms with Crippen LogP contribution < -0.4 is 22.5 Å². The molecule has 0 radical (unpaired) electrons. The number of likely N-dealkylation sites (N-methyl/N-ethyl adjacent to an activating group) is 2. The molecule has 3 aliphatic carbocycles. The van der Waals surface area contributed by atoms with Crippen molar-refractivity contribution < 1.29 is 19.1 Å². The molecular formula is C36H45N9O4. The van der Waals surface area contributed by atoms with Gasteiger partial charge in [-0.05, 0) is 88.2 Å². The summed E-state index contributed by atoms with van der Waals surface area (Å²) in [6, 6.07) is 17.8. The first kappa shape index (κ1) is 34.1. The number of nitrogens with one attached hydrogen (secondary N) is 1. The summed E-state index contributed by atoms with van der Waals surface area (Å²) < 4.78 is 11.4. The average molecular weight is 668 g/mol. The predicted octanol–water partition coefficient (Wildman–Crippen LogP) is 3.35. The molecule has 13 heteroatoms. The van der Waals surface area contributed by atoms with Crippen LogP contribution in [0.1, 0.15) is 58.6 Å². The lowest BCUT2D eigenvalue weighted by Crippen LogP contribution is -2.43. The summed E-state index contributed by atoms with van der Waals surface area (Å²) in [5.74, 6) is 0.00723. The van der Waals surface area contributed by atoms with Gasteiger partial charge in [-0.25, -0.2) is 0 Å². The number of anilines is 3. The summed E-state index contributed by atoms with van der Waals surface area (Å²) in [6.45, 7) is 2.86. The average Bonchev–Trinajstić information content (AvgIpc) is 3.56. The van der Waals surface area contributed by atoms with Crippen LogP contribution >= 0.6 is 0 Å². The maximum absolute atomic E-state index is 13.6. The number of benzene rings is 3. The molecule has 1 heterocycles. The molecule has 3 aromatic rings. The fraction of sp³-hybridized carbons (Fsp3) is 0.444. The van der Waals surface area contributed by atoms with Crippen molar-refractivity contribution in [1.82, 2.24) is 15.1 Å². The normalized spacial score (nSPS) is 21.3. The van der Waals surface area contributed by atoms with Crippen LogP contribution in [0.5, 0.6) is 0 Å². The Kier molecular flexibility index (Phi) is 9.98. The number of hydrogen-bond donors (Lipinski definition) is 4. The predicted molar refractivity (Wildman–Crippen MR) is 189 cm³/mol. The van der Waals surface area contributed by atoms with E-state index in [0.29, 0.717) is 82.4 Å². The van der Waals surface area contributed by atoms with E-state index >= 15 is 0 Å². The molecule has 0 saturated carbocycles. The number of nitrogens with two attached hydrogens (primary N) is 3. The Labute approximate surface area is 286 Å². The number of carbonyl (C=O) groups is 2. The molecule has 0 spiro atoms. The zero-order chi connectivity index (χ0) is 34.7. The third-order valence-electron chi connectivity index (χ3n) is 10.2. The molecule has 1 aliphatic heterocycles. The summed E-state index contributed by atoms with van der Waals surface area (Å²) in [5.41, 5.74) is 36.0. The second-order valence-electron chi connectivity index (χ2n) is 13.2. The molecule has 0 aromatic heterocycles. The first-order valence-electron chi connectivity index (χ1n) is 16.8. The topological polar surface area (TPSA) is 198 Å². The quantitative estimate of drug-likeness (QED) is 0.0660. The van der Waals surface area contributed by atoms with Crippen LogP contribution in [0.2, 0.25) is 0 Å². The third-order valence-corrected chi connectivity index (χ3v) is 10.2. The highest BCUT2D eigenvalue weighted by Crippen LogP contribution is 2.61. The van der Waals surface area contributed by atoms with Gasteiger partial charge < -0.3 is 41.8 Å². The Hall–Kier alpha value is -4.81. The van der Waals surface area contributed by atoms with Crippen LogP contribution in [-0.4, -0.2) is 93.9 Å². The lowest BCUT2D eigenvalue weighted by Gasteiger charge is -2.51. The number of ether oxygens (including phenoxy) is 2. The van der Waals surface area contributed by atoms with E-state index in [4.69, 9.17) is 32.2 Å². The molecule has 1 fully saturated rings. The van der Waals surface area contributed by atoms with E-state index in [-0.39, 0.29) is 29.8 Å². The van der Waals surface area contributed by atoms with Crippen LogP contribution in [0.25, 0.3) is 10.4 Å². The Morgan fingerprint density at radius 1 is 0.857 bits per heavy atom. The van der Waals surface area contributed by atoms with Gasteiger partial charge in [0.1, 0.15) is 0 Å². The molecule has 2 atom stereocenters. The molecule has 1 saturated heterocycles. The number of azide groups is 1. The molecule has 4 aliphatic rings. The lowest BCUT2D eigenvalue weighted by molar-refractivity contribution is -0.133. The second kappa shape index (κ2) is 14.4. The molecule has 2 bridgehead atoms. The van der Waals surface area contributed by atoms with Crippen molar-refractivity contribution in [1.29, 1.82) is 0 Å². The number of nitrogens with zero attached hydrogens (tertiary/aromatic N) is 5. The van der Waals surface area contributed by atoms with E-state index in [9.17, 15) is 9.59 Å². The standard InChI is InChI=1S/C36H45N9O4/c1-44(11-13-48-15-16-49-14-12-45(2)35(47)32-20-25(21-41-32)42-43-40)33(46)9-10-36-29-17-22(37)3-6-26(29)34(27-7-4-23(38)18-30(27)36)28-8-5-24(39)19-31(28)36/h3-8,17-19,25,32,34,41H,9-16,20-21,37-39H2,1-2H3/t25?,32-,34?,36?/m0/s1. The van der Waals surface area contributed by atoms with Gasteiger partial charge in [-0.15, -0.1) is 0 Å². The van der Waals surface area contributed by atoms with E-state index in [2.05, 4.69) is 51.7 Å². The van der Waals surface area contributed by atoms with Gasteiger partial charge >= 0.3 is 0 Å². The largest absolute Gasteiger partial charge is 0.399 e. The van der Waals surface area contributed by atoms with Crippen LogP contribution in [0.3, 0.4) is 0 Å². The zero-order valence-electron chi connectivity index (χ0n) is 28.1. The fourth-order valence-electron chi connectivity index (χ4n) is 7.70. The Balaban J connectivity index is 1.01. The first-order chi connectivity index (χ1) is 23.6. The molecule has 49 heavy (non-hydrogen) atoms. The van der Waals surface area contributed by atoms with Crippen molar-refractivity contribution in [2.24, 2.45) is 5.11 Å². The molecule has 3 aromatic carbocycles. The number of rotatable bonds is 14. The van der Waals surface area contributed by atoms with E-state index in [0.717, 1.165) is 16.7 Å². The van der Waals surface area contributed by atoms with Gasteiger partial charge in [0.05, 0.1) is 38.5 Å². The SMILES string of the molecule is CN(CCOCCOCCN(C)C(=O)[C@@H]1CC(N=[N+]=[N-])CN1)C(=O)CCC12c3cc(N)ccc3C(c3ccc(N)cc31)c1ccc(N)cc12. The minimum atomic E-state index is -0.625. The van der Waals surface area contributed by atoms with Gasteiger partial charge in [-0.3, -0.25) is 9.59 Å². The first-order valence-corrected chi connectivity index (χ1v) is 16.8. The maximum Gasteiger partial charge on any atom is 0.239 e. The van der Waals surface area contributed by atoms with Gasteiger partial charge in [0, 0.05) is 73.5 Å². The van der Waals surface area contributed by atoms with Crippen molar-refractivity contribution in [3.05, 3.63) is 98.4 Å². The fourth-order valence-corrected chi connectivity index (χ4v) is 7.70. The van der Waals surface area contributed by atoms with Gasteiger partial charge in [-0.2, -0.15) is 0 Å². The minimum Gasteiger partial charge on any atom is -0.399 e. The van der Waals surface area contributed by atoms with E-state index in [1.54, 1.807) is 23.9 Å². The number of hydrogen-bond acceptors (Lipinski definition) is 9. The lowest BCUT2D eigenvalue weighted by atomic mass is 9.51. The molecular weight excluding hydrogens is 622 g/mol. The number of amides is 2. The molecule has 1 unspecified atom stereocenters. The minimum absolute atomic E-state index is 0.0125. The highest BCUT2D eigenvalue weighted by atomic mass is 16.5. The summed E-state index contributed by atoms with van der Waals surface area (Å²) >= 11 is 0. The van der Waals surface area contributed by atoms with Crippen LogP contribution in [0, 0.1) is 0 Å². The van der Waals surface area contributed by atoms with Crippen molar-refractivity contribution in [3.8, 4) is 0 Å². The van der Waals surface area contributed by atoms with Gasteiger partial charge in [0.2, 0.25) is 11.8 Å². The third kappa shape index (κ3) is 6.62. The number of carbonyl (C=O) groups excluding carboxylic acids is 2. The Morgan fingerprint density at radius 2 is 1.37 bits per heavy atom. The van der Waals surface area contributed by atoms with Gasteiger partial charge in [0.25, 0.3) is 0 Å². The van der Waals surface area contributed by atoms with Crippen LogP contribution in [-0.2, 0) is 24.5 Å². The molecule has 258 valence electrons. The second-order valence-corrected chi connectivity index (χ2v) is 13.2. The monoisotopic (exact) mass is 667 g/mol. The Bertz CT molecular complexity index is 1650. The van der Waals surface area contributed by atoms with Crippen molar-refractivity contribution >= 4 is 28.9 Å². The maximum atomic E-state index is 13.6. The van der Waals surface area contributed by atoms with E-state index in [1.165, 1.54) is 16.7 Å². The summed E-state index contributed by atoms with van der Waals surface area (Å²) in [6.07, 6.45) is 1.33. The van der Waals surface area contributed by atoms with E-state index < -0.39 is 5.41 Å². The molecule has 2 amide bonds. The highest BCUT2D eigenvalue weighted by Gasteiger charge is 2.52. The molecule has 7 N–H and O–H groups in total. The number of nitrogen functional groups attached to an aromatic ring is 3. The summed E-state index contributed by atoms with van der Waals surface area (Å²) in [4.78, 5) is 32.3. The van der Waals surface area contributed by atoms with Crippen LogP contribution in [0.15, 0.2) is 59.7 Å². The smallest absolute Gasteiger partial charge is 0.239 e. The molecule has 7 rings (SSSR count). The van der Waals surface area contributed by atoms with Crippen molar-refractivity contribution in [3.63, 3.8) is 0 Å². The summed E-state index contributed by atoms with van der Waals surface area (Å²) in [5, 5.41) is 6.79. The molecule has 13 nitrogen and oxygen atoms in total. The Morgan fingerprint density at radius 3 is 1.88 bits per heavy atom. The zero-order valence-corrected chi connectivity index (χ0v) is 28.1. The van der Waals surface area contributed by atoms with Gasteiger partial charge in [0.15, 0.2) is 0 Å².